The SMILES string of the molecule is O=C(CC1(c2ccc(F)cc2)C2CC3CC1CC(O)(C3)C2)N1CC(Oc2ccccc2)C1. The lowest BCUT2D eigenvalue weighted by Crippen LogP contribution is -2.64. The van der Waals surface area contributed by atoms with E-state index in [0.717, 1.165) is 43.4 Å². The van der Waals surface area contributed by atoms with E-state index in [2.05, 4.69) is 0 Å². The lowest BCUT2D eigenvalue weighted by Gasteiger charge is -2.64. The first kappa shape index (κ1) is 20.2. The van der Waals surface area contributed by atoms with Gasteiger partial charge >= 0.3 is 0 Å². The average Bonchev–Trinajstić information content (AvgIpc) is 2.73. The summed E-state index contributed by atoms with van der Waals surface area (Å²) in [5.41, 5.74) is 0.190. The molecule has 1 N–H and O–H groups in total. The Morgan fingerprint density at radius 2 is 1.66 bits per heavy atom. The number of hydrogen-bond donors (Lipinski definition) is 1. The first-order chi connectivity index (χ1) is 15.4. The summed E-state index contributed by atoms with van der Waals surface area (Å²) in [7, 11) is 0. The predicted octanol–water partition coefficient (Wildman–Crippen LogP) is 4.31. The molecule has 2 aromatic rings. The first-order valence-electron chi connectivity index (χ1n) is 11.9. The van der Waals surface area contributed by atoms with Gasteiger partial charge in [-0.3, -0.25) is 4.79 Å². The summed E-state index contributed by atoms with van der Waals surface area (Å²) in [6, 6.07) is 16.5. The molecule has 168 valence electrons. The Morgan fingerprint density at radius 3 is 2.28 bits per heavy atom. The van der Waals surface area contributed by atoms with Crippen molar-refractivity contribution in [3.8, 4) is 5.75 Å². The van der Waals surface area contributed by atoms with Crippen LogP contribution in [0.25, 0.3) is 0 Å². The molecule has 0 aromatic heterocycles. The minimum absolute atomic E-state index is 0.0299. The third-order valence-corrected chi connectivity index (χ3v) is 8.69. The van der Waals surface area contributed by atoms with Crippen LogP contribution in [0.1, 0.15) is 44.1 Å². The van der Waals surface area contributed by atoms with Crippen LogP contribution < -0.4 is 4.74 Å². The normalized spacial score (nSPS) is 35.6. The molecular formula is C27H30FNO3. The second-order valence-corrected chi connectivity index (χ2v) is 10.6. The molecule has 7 rings (SSSR count). The number of benzene rings is 2. The average molecular weight is 436 g/mol. The number of hydrogen-bond acceptors (Lipinski definition) is 3. The summed E-state index contributed by atoms with van der Waals surface area (Å²) >= 11 is 0. The summed E-state index contributed by atoms with van der Waals surface area (Å²) in [6.45, 7) is 1.21. The Kier molecular flexibility index (Phi) is 4.62. The molecule has 2 atom stereocenters. The summed E-state index contributed by atoms with van der Waals surface area (Å²) < 4.78 is 19.7. The van der Waals surface area contributed by atoms with Crippen molar-refractivity contribution in [1.82, 2.24) is 4.90 Å². The number of aliphatic hydroxyl groups is 1. The standard InChI is InChI=1S/C27H30FNO3/c28-22-8-6-19(7-9-22)27(20-10-18-11-21(27)14-26(31,12-18)13-20)15-25(30)29-16-24(17-29)32-23-4-2-1-3-5-23/h1-9,18,20-21,24,31H,10-17H2. The Labute approximate surface area is 188 Å². The van der Waals surface area contributed by atoms with Gasteiger partial charge < -0.3 is 14.7 Å². The van der Waals surface area contributed by atoms with Crippen LogP contribution in [-0.2, 0) is 10.2 Å². The van der Waals surface area contributed by atoms with Crippen LogP contribution in [0.3, 0.4) is 0 Å². The van der Waals surface area contributed by atoms with E-state index in [0.29, 0.717) is 25.4 Å². The van der Waals surface area contributed by atoms with Crippen LogP contribution in [0.15, 0.2) is 54.6 Å². The van der Waals surface area contributed by atoms with E-state index in [1.54, 1.807) is 0 Å². The van der Waals surface area contributed by atoms with Gasteiger partial charge in [-0.1, -0.05) is 30.3 Å². The van der Waals surface area contributed by atoms with E-state index < -0.39 is 5.60 Å². The molecular weight excluding hydrogens is 405 g/mol. The highest BCUT2D eigenvalue weighted by atomic mass is 19.1. The van der Waals surface area contributed by atoms with Crippen LogP contribution in [0, 0.1) is 23.6 Å². The van der Waals surface area contributed by atoms with Gasteiger partial charge in [-0.15, -0.1) is 0 Å². The molecule has 1 heterocycles. The molecule has 2 aromatic carbocycles. The molecule has 1 saturated heterocycles. The Balaban J connectivity index is 1.23. The Hall–Kier alpha value is -2.40. The van der Waals surface area contributed by atoms with Gasteiger partial charge in [0.05, 0.1) is 18.7 Å². The second-order valence-electron chi connectivity index (χ2n) is 10.6. The minimum Gasteiger partial charge on any atom is -0.487 e. The van der Waals surface area contributed by atoms with Crippen molar-refractivity contribution in [3.05, 3.63) is 66.0 Å². The zero-order valence-electron chi connectivity index (χ0n) is 18.3. The number of carbonyl (C=O) groups is 1. The maximum Gasteiger partial charge on any atom is 0.223 e. The Bertz CT molecular complexity index is 985. The third kappa shape index (κ3) is 3.24. The van der Waals surface area contributed by atoms with Crippen LogP contribution >= 0.6 is 0 Å². The van der Waals surface area contributed by atoms with Crippen molar-refractivity contribution in [3.63, 3.8) is 0 Å². The molecule has 5 heteroatoms. The Morgan fingerprint density at radius 1 is 1.00 bits per heavy atom. The molecule has 0 radical (unpaired) electrons. The monoisotopic (exact) mass is 435 g/mol. The van der Waals surface area contributed by atoms with E-state index >= 15 is 0 Å². The minimum atomic E-state index is -0.575. The largest absolute Gasteiger partial charge is 0.487 e. The quantitative estimate of drug-likeness (QED) is 0.761. The number of halogens is 1. The fourth-order valence-corrected chi connectivity index (χ4v) is 7.45. The molecule has 2 unspecified atom stereocenters. The zero-order valence-corrected chi connectivity index (χ0v) is 18.3. The molecule has 4 saturated carbocycles. The molecule has 1 amide bonds. The summed E-state index contributed by atoms with van der Waals surface area (Å²) in [5.74, 6) is 1.83. The summed E-state index contributed by atoms with van der Waals surface area (Å²) in [6.07, 6.45) is 5.00. The second kappa shape index (κ2) is 7.31. The van der Waals surface area contributed by atoms with Crippen LogP contribution in [-0.4, -0.2) is 40.7 Å². The fraction of sp³-hybridized carbons (Fsp3) is 0.519. The number of carbonyl (C=O) groups excluding carboxylic acids is 1. The zero-order chi connectivity index (χ0) is 21.9. The number of rotatable bonds is 5. The van der Waals surface area contributed by atoms with Gasteiger partial charge in [-0.2, -0.15) is 0 Å². The molecule has 32 heavy (non-hydrogen) atoms. The van der Waals surface area contributed by atoms with Crippen molar-refractivity contribution in [1.29, 1.82) is 0 Å². The molecule has 5 aliphatic rings. The van der Waals surface area contributed by atoms with E-state index in [-0.39, 0.29) is 35.1 Å². The molecule has 0 spiro atoms. The predicted molar refractivity (Wildman–Crippen MR) is 119 cm³/mol. The number of amides is 1. The van der Waals surface area contributed by atoms with Gasteiger partial charge in [-0.25, -0.2) is 4.39 Å². The number of likely N-dealkylation sites (tertiary alicyclic amines) is 1. The molecule has 4 nitrogen and oxygen atoms in total. The van der Waals surface area contributed by atoms with Gasteiger partial charge in [0.1, 0.15) is 17.7 Å². The van der Waals surface area contributed by atoms with Crippen molar-refractivity contribution in [2.45, 2.75) is 55.6 Å². The van der Waals surface area contributed by atoms with Crippen LogP contribution in [0.4, 0.5) is 4.39 Å². The topological polar surface area (TPSA) is 49.8 Å². The molecule has 4 aliphatic carbocycles. The van der Waals surface area contributed by atoms with E-state index in [9.17, 15) is 14.3 Å². The lowest BCUT2D eigenvalue weighted by molar-refractivity contribution is -0.174. The van der Waals surface area contributed by atoms with Crippen molar-refractivity contribution >= 4 is 5.91 Å². The third-order valence-electron chi connectivity index (χ3n) is 8.69. The van der Waals surface area contributed by atoms with Gasteiger partial charge in [0.2, 0.25) is 5.91 Å². The molecule has 5 fully saturated rings. The van der Waals surface area contributed by atoms with Crippen molar-refractivity contribution < 1.29 is 19.0 Å². The van der Waals surface area contributed by atoms with Gasteiger partial charge in [-0.05, 0) is 79.7 Å². The smallest absolute Gasteiger partial charge is 0.223 e. The summed E-state index contributed by atoms with van der Waals surface area (Å²) in [4.78, 5) is 15.4. The van der Waals surface area contributed by atoms with E-state index in [4.69, 9.17) is 4.74 Å². The molecule has 4 bridgehead atoms. The number of nitrogens with zero attached hydrogens (tertiary/aromatic N) is 1. The fourth-order valence-electron chi connectivity index (χ4n) is 7.45. The van der Waals surface area contributed by atoms with E-state index in [1.165, 1.54) is 12.1 Å². The van der Waals surface area contributed by atoms with Crippen LogP contribution in [0.5, 0.6) is 5.75 Å². The summed E-state index contributed by atoms with van der Waals surface area (Å²) in [5, 5.41) is 11.1. The van der Waals surface area contributed by atoms with Gasteiger partial charge in [0.15, 0.2) is 0 Å². The number of para-hydroxylation sites is 1. The highest BCUT2D eigenvalue weighted by molar-refractivity contribution is 5.79. The van der Waals surface area contributed by atoms with E-state index in [1.807, 2.05) is 47.4 Å². The highest BCUT2D eigenvalue weighted by Gasteiger charge is 2.63. The maximum atomic E-state index is 13.7. The van der Waals surface area contributed by atoms with Gasteiger partial charge in [0.25, 0.3) is 0 Å². The van der Waals surface area contributed by atoms with Crippen molar-refractivity contribution in [2.75, 3.05) is 13.1 Å². The van der Waals surface area contributed by atoms with Crippen LogP contribution in [0.2, 0.25) is 0 Å². The highest BCUT2D eigenvalue weighted by Crippen LogP contribution is 2.65. The van der Waals surface area contributed by atoms with Gasteiger partial charge in [0, 0.05) is 11.8 Å². The van der Waals surface area contributed by atoms with Crippen molar-refractivity contribution in [2.24, 2.45) is 17.8 Å². The number of ether oxygens (including phenoxy) is 1. The maximum absolute atomic E-state index is 13.7. The molecule has 1 aliphatic heterocycles. The lowest BCUT2D eigenvalue weighted by atomic mass is 9.41. The first-order valence-corrected chi connectivity index (χ1v) is 11.9.